The highest BCUT2D eigenvalue weighted by molar-refractivity contribution is 5.95. The Bertz CT molecular complexity index is 505. The smallest absolute Gasteiger partial charge is 0.253 e. The molecule has 1 aromatic rings. The van der Waals surface area contributed by atoms with Crippen molar-refractivity contribution in [3.05, 3.63) is 29.3 Å². The van der Waals surface area contributed by atoms with Gasteiger partial charge in [0.2, 0.25) is 5.91 Å². The average molecular weight is 261 g/mol. The fourth-order valence-corrected chi connectivity index (χ4v) is 2.22. The van der Waals surface area contributed by atoms with Gasteiger partial charge in [-0.05, 0) is 30.7 Å². The summed E-state index contributed by atoms with van der Waals surface area (Å²) in [6, 6.07) is 5.32. The highest BCUT2D eigenvalue weighted by atomic mass is 16.2. The van der Waals surface area contributed by atoms with Gasteiger partial charge in [0.05, 0.1) is 0 Å². The molecule has 1 aliphatic rings. The zero-order valence-electron chi connectivity index (χ0n) is 11.3. The Morgan fingerprint density at radius 3 is 2.21 bits per heavy atom. The lowest BCUT2D eigenvalue weighted by Crippen LogP contribution is -2.50. The minimum Gasteiger partial charge on any atom is -0.399 e. The van der Waals surface area contributed by atoms with E-state index in [1.54, 1.807) is 28.9 Å². The average Bonchev–Trinajstić information content (AvgIpc) is 2.41. The largest absolute Gasteiger partial charge is 0.399 e. The number of nitrogen functional groups attached to an aromatic ring is 1. The van der Waals surface area contributed by atoms with E-state index in [1.807, 2.05) is 13.0 Å². The van der Waals surface area contributed by atoms with E-state index in [1.165, 1.54) is 0 Å². The van der Waals surface area contributed by atoms with Gasteiger partial charge < -0.3 is 15.5 Å². The lowest BCUT2D eigenvalue weighted by Gasteiger charge is -2.34. The first kappa shape index (κ1) is 13.4. The standard InChI is InChI=1S/C14H19N3O2/c1-10-9-12(3-4-13(10)15)14(19)17-7-5-16(6-8-17)11(2)18/h3-4,9H,5-8,15H2,1-2H3. The maximum Gasteiger partial charge on any atom is 0.253 e. The van der Waals surface area contributed by atoms with Crippen LogP contribution in [0.2, 0.25) is 0 Å². The zero-order chi connectivity index (χ0) is 14.0. The lowest BCUT2D eigenvalue weighted by atomic mass is 10.1. The first-order valence-electron chi connectivity index (χ1n) is 6.40. The van der Waals surface area contributed by atoms with Gasteiger partial charge in [-0.3, -0.25) is 9.59 Å². The molecule has 2 rings (SSSR count). The van der Waals surface area contributed by atoms with Gasteiger partial charge in [-0.25, -0.2) is 0 Å². The fourth-order valence-electron chi connectivity index (χ4n) is 2.22. The number of hydrogen-bond donors (Lipinski definition) is 1. The van der Waals surface area contributed by atoms with E-state index in [4.69, 9.17) is 5.73 Å². The second-order valence-corrected chi connectivity index (χ2v) is 4.87. The summed E-state index contributed by atoms with van der Waals surface area (Å²) in [5.41, 5.74) is 8.01. The number of nitrogens with two attached hydrogens (primary N) is 1. The second kappa shape index (κ2) is 5.30. The van der Waals surface area contributed by atoms with Crippen LogP contribution in [0.5, 0.6) is 0 Å². The summed E-state index contributed by atoms with van der Waals surface area (Å²) < 4.78 is 0. The molecule has 2 amide bonds. The normalized spacial score (nSPS) is 15.5. The van der Waals surface area contributed by atoms with Crippen LogP contribution in [0, 0.1) is 6.92 Å². The van der Waals surface area contributed by atoms with Crippen molar-refractivity contribution in [3.63, 3.8) is 0 Å². The van der Waals surface area contributed by atoms with Gasteiger partial charge >= 0.3 is 0 Å². The van der Waals surface area contributed by atoms with Crippen molar-refractivity contribution in [2.75, 3.05) is 31.9 Å². The highest BCUT2D eigenvalue weighted by Gasteiger charge is 2.23. The first-order valence-corrected chi connectivity index (χ1v) is 6.40. The molecule has 5 nitrogen and oxygen atoms in total. The van der Waals surface area contributed by atoms with Gasteiger partial charge in [-0.2, -0.15) is 0 Å². The number of carbonyl (C=O) groups is 2. The van der Waals surface area contributed by atoms with Crippen molar-refractivity contribution in [1.29, 1.82) is 0 Å². The summed E-state index contributed by atoms with van der Waals surface area (Å²) in [5, 5.41) is 0. The third kappa shape index (κ3) is 2.86. The number of amides is 2. The third-order valence-corrected chi connectivity index (χ3v) is 3.53. The molecule has 1 heterocycles. The molecule has 2 N–H and O–H groups in total. The van der Waals surface area contributed by atoms with Crippen LogP contribution in [-0.4, -0.2) is 47.8 Å². The SMILES string of the molecule is CC(=O)N1CCN(C(=O)c2ccc(N)c(C)c2)CC1. The van der Waals surface area contributed by atoms with E-state index in [2.05, 4.69) is 0 Å². The monoisotopic (exact) mass is 261 g/mol. The molecule has 0 spiro atoms. The summed E-state index contributed by atoms with van der Waals surface area (Å²) in [7, 11) is 0. The Balaban J connectivity index is 2.05. The van der Waals surface area contributed by atoms with E-state index >= 15 is 0 Å². The van der Waals surface area contributed by atoms with Crippen LogP contribution in [0.1, 0.15) is 22.8 Å². The summed E-state index contributed by atoms with van der Waals surface area (Å²) in [4.78, 5) is 27.1. The van der Waals surface area contributed by atoms with E-state index in [0.29, 0.717) is 37.4 Å². The third-order valence-electron chi connectivity index (χ3n) is 3.53. The van der Waals surface area contributed by atoms with Crippen molar-refractivity contribution in [2.45, 2.75) is 13.8 Å². The van der Waals surface area contributed by atoms with Crippen LogP contribution < -0.4 is 5.73 Å². The Kier molecular flexibility index (Phi) is 3.74. The number of carbonyl (C=O) groups excluding carboxylic acids is 2. The van der Waals surface area contributed by atoms with E-state index in [9.17, 15) is 9.59 Å². The minimum absolute atomic E-state index is 0.00584. The van der Waals surface area contributed by atoms with E-state index < -0.39 is 0 Å². The lowest BCUT2D eigenvalue weighted by molar-refractivity contribution is -0.130. The van der Waals surface area contributed by atoms with Gasteiger partial charge in [-0.15, -0.1) is 0 Å². The van der Waals surface area contributed by atoms with Crippen molar-refractivity contribution in [1.82, 2.24) is 9.80 Å². The van der Waals surface area contributed by atoms with Crippen LogP contribution >= 0.6 is 0 Å². The maximum absolute atomic E-state index is 12.3. The molecule has 102 valence electrons. The van der Waals surface area contributed by atoms with Crippen LogP contribution in [0.4, 0.5) is 5.69 Å². The van der Waals surface area contributed by atoms with Crippen molar-refractivity contribution in [3.8, 4) is 0 Å². The Hall–Kier alpha value is -2.04. The second-order valence-electron chi connectivity index (χ2n) is 4.87. The predicted molar refractivity (Wildman–Crippen MR) is 73.7 cm³/mol. The van der Waals surface area contributed by atoms with Crippen LogP contribution in [-0.2, 0) is 4.79 Å². The quantitative estimate of drug-likeness (QED) is 0.763. The molecule has 5 heteroatoms. The van der Waals surface area contributed by atoms with Crippen molar-refractivity contribution in [2.24, 2.45) is 0 Å². The molecule has 0 radical (unpaired) electrons. The number of anilines is 1. The summed E-state index contributed by atoms with van der Waals surface area (Å²) in [5.74, 6) is 0.0710. The molecule has 0 unspecified atom stereocenters. The Labute approximate surface area is 113 Å². The predicted octanol–water partition coefficient (Wildman–Crippen LogP) is 0.882. The van der Waals surface area contributed by atoms with Gasteiger partial charge in [-0.1, -0.05) is 0 Å². The minimum atomic E-state index is 0.00584. The molecule has 1 saturated heterocycles. The van der Waals surface area contributed by atoms with Crippen molar-refractivity contribution < 1.29 is 9.59 Å². The summed E-state index contributed by atoms with van der Waals surface area (Å²) in [6.45, 7) is 5.83. The number of hydrogen-bond acceptors (Lipinski definition) is 3. The molecule has 0 aromatic heterocycles. The molecule has 19 heavy (non-hydrogen) atoms. The molecular weight excluding hydrogens is 242 g/mol. The number of piperazine rings is 1. The topological polar surface area (TPSA) is 66.6 Å². The molecule has 1 fully saturated rings. The van der Waals surface area contributed by atoms with Crippen molar-refractivity contribution >= 4 is 17.5 Å². The Morgan fingerprint density at radius 2 is 1.68 bits per heavy atom. The van der Waals surface area contributed by atoms with Crippen LogP contribution in [0.15, 0.2) is 18.2 Å². The van der Waals surface area contributed by atoms with Gasteiger partial charge in [0, 0.05) is 44.4 Å². The number of nitrogens with zero attached hydrogens (tertiary/aromatic N) is 2. The maximum atomic E-state index is 12.3. The van der Waals surface area contributed by atoms with E-state index in [-0.39, 0.29) is 11.8 Å². The molecule has 1 aromatic carbocycles. The highest BCUT2D eigenvalue weighted by Crippen LogP contribution is 2.15. The zero-order valence-corrected chi connectivity index (χ0v) is 11.3. The van der Waals surface area contributed by atoms with Crippen LogP contribution in [0.3, 0.4) is 0 Å². The van der Waals surface area contributed by atoms with Crippen LogP contribution in [0.25, 0.3) is 0 Å². The number of benzene rings is 1. The van der Waals surface area contributed by atoms with Gasteiger partial charge in [0.1, 0.15) is 0 Å². The van der Waals surface area contributed by atoms with Gasteiger partial charge in [0.25, 0.3) is 5.91 Å². The molecule has 0 atom stereocenters. The number of rotatable bonds is 1. The first-order chi connectivity index (χ1) is 8.99. The molecule has 0 saturated carbocycles. The molecule has 1 aliphatic heterocycles. The van der Waals surface area contributed by atoms with Gasteiger partial charge in [0.15, 0.2) is 0 Å². The molecule has 0 bridgehead atoms. The summed E-state index contributed by atoms with van der Waals surface area (Å²) >= 11 is 0. The fraction of sp³-hybridized carbons (Fsp3) is 0.429. The molecule has 0 aliphatic carbocycles. The molecular formula is C14H19N3O2. The Morgan fingerprint density at radius 1 is 1.11 bits per heavy atom. The summed E-state index contributed by atoms with van der Waals surface area (Å²) in [6.07, 6.45) is 0. The number of aryl methyl sites for hydroxylation is 1. The van der Waals surface area contributed by atoms with E-state index in [0.717, 1.165) is 5.56 Å².